The molecule has 0 fully saturated rings. The Balaban J connectivity index is 0. The number of hydrogen-bond donors (Lipinski definition) is 0. The molecular weight excluding hydrogens is 315 g/mol. The van der Waals surface area contributed by atoms with Gasteiger partial charge < -0.3 is 5.71 Å². The molecule has 6 heavy (non-hydrogen) atoms. The zero-order valence-corrected chi connectivity index (χ0v) is 9.62. The zero-order chi connectivity index (χ0) is 0. The van der Waals surface area contributed by atoms with Crippen molar-refractivity contribution in [3.63, 3.8) is 0 Å². The summed E-state index contributed by atoms with van der Waals surface area (Å²) in [7, 11) is 0. The van der Waals surface area contributed by atoms with Gasteiger partial charge in [-0.05, 0) is 21.9 Å². The molecule has 0 spiro atoms. The maximum absolute atomic E-state index is 0. The van der Waals surface area contributed by atoms with Gasteiger partial charge in [0.25, 0.3) is 0 Å². The van der Waals surface area contributed by atoms with E-state index in [4.69, 9.17) is 0 Å². The van der Waals surface area contributed by atoms with Crippen LogP contribution in [0.15, 0.2) is 0 Å². The van der Waals surface area contributed by atoms with Crippen molar-refractivity contribution in [2.45, 2.75) is 0 Å². The van der Waals surface area contributed by atoms with Crippen molar-refractivity contribution in [2.24, 2.45) is 0 Å². The molecule has 0 aliphatic rings. The standard InChI is InChI=1S/Al.Ba.Ca.Mn.2H4Si.7H/h;;;;2*1H4;;;;;;;/q;2*+2;;;;;;;4*-1. The molecule has 0 atom stereocenters. The summed E-state index contributed by atoms with van der Waals surface area (Å²) in [5.41, 5.74) is 0. The van der Waals surface area contributed by atoms with Crippen LogP contribution in [0.2, 0.25) is 0 Å². The molecule has 0 N–H and O–H groups in total. The van der Waals surface area contributed by atoms with Crippen LogP contribution in [0.1, 0.15) is 5.71 Å². The van der Waals surface area contributed by atoms with Crippen LogP contribution in [0.25, 0.3) is 0 Å². The van der Waals surface area contributed by atoms with Crippen molar-refractivity contribution in [1.82, 2.24) is 0 Å². The molecule has 0 nitrogen and oxygen atoms in total. The summed E-state index contributed by atoms with van der Waals surface area (Å²) in [4.78, 5) is 0. The van der Waals surface area contributed by atoms with Crippen LogP contribution < -0.4 is 0 Å². The van der Waals surface area contributed by atoms with Crippen LogP contribution in [0.5, 0.6) is 0 Å². The van der Waals surface area contributed by atoms with Gasteiger partial charge in [-0.1, -0.05) is 0 Å². The molecule has 0 saturated heterocycles. The van der Waals surface area contributed by atoms with Gasteiger partial charge in [-0.15, -0.1) is 0 Å². The van der Waals surface area contributed by atoms with Gasteiger partial charge in [0.15, 0.2) is 17.4 Å². The molecule has 0 aliphatic heterocycles. The molecule has 0 rings (SSSR count). The van der Waals surface area contributed by atoms with Crippen LogP contribution in [-0.4, -0.2) is 126 Å². The molecule has 0 bridgehead atoms. The Morgan fingerprint density at radius 1 is 1.00 bits per heavy atom. The van der Waals surface area contributed by atoms with Gasteiger partial charge in [0.05, 0.1) is 0 Å². The number of hydrogen-bond acceptors (Lipinski definition) is 0. The maximum Gasteiger partial charge on any atom is 2.00 e. The zero-order valence-electron chi connectivity index (χ0n) is 5.79. The third-order valence-corrected chi connectivity index (χ3v) is 0. The van der Waals surface area contributed by atoms with Crippen LogP contribution in [0, 0.1) is 0 Å². The molecule has 0 saturated carbocycles. The van der Waals surface area contributed by atoms with Crippen LogP contribution in [0.3, 0.4) is 0 Å². The van der Waals surface area contributed by atoms with E-state index in [1.807, 2.05) is 0 Å². The second-order valence-electron chi connectivity index (χ2n) is 0. The van der Waals surface area contributed by atoms with Gasteiger partial charge in [0.1, 0.15) is 0 Å². The maximum atomic E-state index is 0. The minimum Gasteiger partial charge on any atom is -1.00 e. The van der Waals surface area contributed by atoms with Gasteiger partial charge in [-0.25, -0.2) is 0 Å². The summed E-state index contributed by atoms with van der Waals surface area (Å²) in [6, 6.07) is 0. The Hall–Kier alpha value is 4.32. The van der Waals surface area contributed by atoms with Crippen molar-refractivity contribution >= 4 is 126 Å². The fraction of sp³-hybridized carbons (Fsp3) is 0. The Kier molecular flexibility index (Phi) is 277. The summed E-state index contributed by atoms with van der Waals surface area (Å²) >= 11 is 0. The average Bonchev–Trinajstić information content (AvgIpc) is 0. The first-order valence-electron chi connectivity index (χ1n) is 0. The van der Waals surface area contributed by atoms with Crippen molar-refractivity contribution in [3.8, 4) is 0 Å². The van der Waals surface area contributed by atoms with Gasteiger partial charge in [-0.3, -0.25) is 0 Å². The van der Waals surface area contributed by atoms with E-state index in [-0.39, 0.29) is 149 Å². The summed E-state index contributed by atoms with van der Waals surface area (Å²) in [5, 5.41) is 0. The van der Waals surface area contributed by atoms with Crippen molar-refractivity contribution < 1.29 is 22.8 Å². The average molecular weight is 331 g/mol. The number of rotatable bonds is 0. The van der Waals surface area contributed by atoms with E-state index in [1.165, 1.54) is 0 Å². The molecule has 1 radical (unpaired) electrons. The minimum atomic E-state index is 0. The van der Waals surface area contributed by atoms with Crippen molar-refractivity contribution in [2.75, 3.05) is 0 Å². The Labute approximate surface area is 145 Å². The second kappa shape index (κ2) is 34.6. The normalized spacial score (nSPS) is 0. The Morgan fingerprint density at radius 2 is 1.00 bits per heavy atom. The monoisotopic (exact) mass is 331 g/mol. The quantitative estimate of drug-likeness (QED) is 0.394. The molecule has 37 valence electrons. The van der Waals surface area contributed by atoms with Crippen LogP contribution in [-0.2, 0) is 17.1 Å². The van der Waals surface area contributed by atoms with E-state index in [0.29, 0.717) is 0 Å². The minimum absolute atomic E-state index is 0. The van der Waals surface area contributed by atoms with Crippen molar-refractivity contribution in [3.05, 3.63) is 0 Å². The van der Waals surface area contributed by atoms with E-state index in [2.05, 4.69) is 0 Å². The third-order valence-electron chi connectivity index (χ3n) is 0. The predicted molar refractivity (Wildman–Crippen MR) is 48.6 cm³/mol. The SMILES string of the molecule is [AlH3].[Ba+2].[Ca+2].[H-].[H-].[H-].[H-].[Mn].[SiH4].[SiH4]. The third kappa shape index (κ3) is 23.9. The fourth-order valence-corrected chi connectivity index (χ4v) is 0. The smallest absolute Gasteiger partial charge is 1.00 e. The predicted octanol–water partition coefficient (Wildman–Crippen LogP) is -4.40. The Bertz CT molecular complexity index is 23.2. The molecule has 0 aliphatic carbocycles. The molecule has 0 aromatic rings. The van der Waals surface area contributed by atoms with E-state index >= 15 is 0 Å². The summed E-state index contributed by atoms with van der Waals surface area (Å²) < 4.78 is 0. The van der Waals surface area contributed by atoms with Crippen LogP contribution >= 0.6 is 0 Å². The topological polar surface area (TPSA) is 0 Å². The van der Waals surface area contributed by atoms with Gasteiger partial charge in [-0.2, -0.15) is 0 Å². The van der Waals surface area contributed by atoms with Crippen LogP contribution in [0.4, 0.5) is 0 Å². The fourth-order valence-electron chi connectivity index (χ4n) is 0. The first kappa shape index (κ1) is 48.1. The van der Waals surface area contributed by atoms with Gasteiger partial charge in [0, 0.05) is 17.1 Å². The van der Waals surface area contributed by atoms with Gasteiger partial charge >= 0.3 is 86.6 Å². The largest absolute Gasteiger partial charge is 2.00 e. The first-order chi connectivity index (χ1) is 0. The molecule has 0 aromatic carbocycles. The molecule has 0 heterocycles. The molecule has 0 unspecified atom stereocenters. The van der Waals surface area contributed by atoms with E-state index < -0.39 is 0 Å². The first-order valence-corrected chi connectivity index (χ1v) is 0. The Morgan fingerprint density at radius 3 is 1.00 bits per heavy atom. The summed E-state index contributed by atoms with van der Waals surface area (Å²) in [6.45, 7) is 0. The molecular formula is H15AlBaCaMnSi2. The molecule has 0 aromatic heterocycles. The molecule has 0 amide bonds. The van der Waals surface area contributed by atoms with Gasteiger partial charge in [0.2, 0.25) is 0 Å². The summed E-state index contributed by atoms with van der Waals surface area (Å²) in [5.74, 6) is 0. The summed E-state index contributed by atoms with van der Waals surface area (Å²) in [6.07, 6.45) is 0. The van der Waals surface area contributed by atoms with Crippen molar-refractivity contribution in [1.29, 1.82) is 0 Å². The van der Waals surface area contributed by atoms with E-state index in [0.717, 1.165) is 0 Å². The molecule has 6 heteroatoms. The second-order valence-corrected chi connectivity index (χ2v) is 0. The van der Waals surface area contributed by atoms with E-state index in [9.17, 15) is 0 Å². The van der Waals surface area contributed by atoms with E-state index in [1.54, 1.807) is 0 Å².